The Bertz CT molecular complexity index is 486. The minimum absolute atomic E-state index is 0.0520. The van der Waals surface area contributed by atoms with Gasteiger partial charge in [0.1, 0.15) is 0 Å². The molecule has 0 aliphatic heterocycles. The van der Waals surface area contributed by atoms with Crippen LogP contribution in [0.1, 0.15) is 42.5 Å². The summed E-state index contributed by atoms with van der Waals surface area (Å²) in [5.74, 6) is -1.11. The van der Waals surface area contributed by atoms with Gasteiger partial charge < -0.3 is 10.4 Å². The van der Waals surface area contributed by atoms with Gasteiger partial charge in [0.15, 0.2) is 0 Å². The Hall–Kier alpha value is -1.96. The first-order valence-corrected chi connectivity index (χ1v) is 7.11. The van der Waals surface area contributed by atoms with Gasteiger partial charge in [-0.05, 0) is 12.8 Å². The lowest BCUT2D eigenvalue weighted by molar-refractivity contribution is -0.380. The number of nitro groups is 1. The predicted octanol–water partition coefficient (Wildman–Crippen LogP) is 2.42. The smallest absolute Gasteiger partial charge is 0.324 e. The number of carboxylic acids is 1. The molecule has 0 aromatic carbocycles. The van der Waals surface area contributed by atoms with Crippen molar-refractivity contribution in [3.05, 3.63) is 27.1 Å². The minimum atomic E-state index is -0.794. The summed E-state index contributed by atoms with van der Waals surface area (Å²) in [7, 11) is 0. The highest BCUT2D eigenvalue weighted by atomic mass is 32.1. The fourth-order valence-corrected chi connectivity index (χ4v) is 2.30. The van der Waals surface area contributed by atoms with Crippen LogP contribution in [0.15, 0.2) is 11.4 Å². The SMILES string of the molecule is O=C(O)CCCCCCNC(=O)c1csc([N+](=O)[O-])c1. The second kappa shape index (κ2) is 8.26. The molecular formula is C12H16N2O5S. The van der Waals surface area contributed by atoms with Crippen molar-refractivity contribution in [1.82, 2.24) is 5.32 Å². The van der Waals surface area contributed by atoms with Crippen molar-refractivity contribution in [2.24, 2.45) is 0 Å². The molecule has 0 unspecified atom stereocenters. The maximum absolute atomic E-state index is 11.7. The monoisotopic (exact) mass is 300 g/mol. The average molecular weight is 300 g/mol. The third-order valence-electron chi connectivity index (χ3n) is 2.63. The number of thiophene rings is 1. The molecule has 2 N–H and O–H groups in total. The van der Waals surface area contributed by atoms with Crippen LogP contribution in [0.5, 0.6) is 0 Å². The van der Waals surface area contributed by atoms with Crippen molar-refractivity contribution in [2.75, 3.05) is 6.54 Å². The van der Waals surface area contributed by atoms with Gasteiger partial charge in [-0.2, -0.15) is 0 Å². The van der Waals surface area contributed by atoms with Gasteiger partial charge in [-0.1, -0.05) is 24.2 Å². The van der Waals surface area contributed by atoms with Gasteiger partial charge >= 0.3 is 11.0 Å². The molecule has 0 bridgehead atoms. The van der Waals surface area contributed by atoms with E-state index in [2.05, 4.69) is 5.32 Å². The number of nitrogens with one attached hydrogen (secondary N) is 1. The molecular weight excluding hydrogens is 284 g/mol. The topological polar surface area (TPSA) is 110 Å². The normalized spacial score (nSPS) is 10.2. The van der Waals surface area contributed by atoms with E-state index in [0.717, 1.165) is 30.6 Å². The Morgan fingerprint density at radius 2 is 2.00 bits per heavy atom. The van der Waals surface area contributed by atoms with E-state index in [4.69, 9.17) is 5.11 Å². The average Bonchev–Trinajstić information content (AvgIpc) is 2.86. The highest BCUT2D eigenvalue weighted by Crippen LogP contribution is 2.22. The van der Waals surface area contributed by atoms with Crippen LogP contribution in [-0.4, -0.2) is 28.5 Å². The van der Waals surface area contributed by atoms with E-state index in [-0.39, 0.29) is 17.3 Å². The van der Waals surface area contributed by atoms with Crippen molar-refractivity contribution < 1.29 is 19.6 Å². The molecule has 20 heavy (non-hydrogen) atoms. The van der Waals surface area contributed by atoms with Gasteiger partial charge in [0.2, 0.25) is 0 Å². The lowest BCUT2D eigenvalue weighted by Gasteiger charge is -2.03. The molecule has 0 aliphatic rings. The van der Waals surface area contributed by atoms with Gasteiger partial charge in [0, 0.05) is 24.4 Å². The Morgan fingerprint density at radius 3 is 2.60 bits per heavy atom. The summed E-state index contributed by atoms with van der Waals surface area (Å²) in [5.41, 5.74) is 0.299. The van der Waals surface area contributed by atoms with Crippen LogP contribution in [0.25, 0.3) is 0 Å². The second-order valence-corrected chi connectivity index (χ2v) is 5.13. The van der Waals surface area contributed by atoms with Crippen molar-refractivity contribution in [2.45, 2.75) is 32.1 Å². The largest absolute Gasteiger partial charge is 0.481 e. The first-order valence-electron chi connectivity index (χ1n) is 6.23. The number of hydrogen-bond donors (Lipinski definition) is 2. The van der Waals surface area contributed by atoms with Gasteiger partial charge in [-0.25, -0.2) is 0 Å². The van der Waals surface area contributed by atoms with Gasteiger partial charge in [0.25, 0.3) is 5.91 Å². The number of carbonyl (C=O) groups excluding carboxylic acids is 1. The lowest BCUT2D eigenvalue weighted by Crippen LogP contribution is -2.23. The summed E-state index contributed by atoms with van der Waals surface area (Å²) in [6.45, 7) is 0.482. The van der Waals surface area contributed by atoms with E-state index in [9.17, 15) is 19.7 Å². The van der Waals surface area contributed by atoms with Gasteiger partial charge in [-0.15, -0.1) is 0 Å². The molecule has 1 aromatic heterocycles. The highest BCUT2D eigenvalue weighted by Gasteiger charge is 2.14. The van der Waals surface area contributed by atoms with Crippen LogP contribution < -0.4 is 5.32 Å². The van der Waals surface area contributed by atoms with Crippen molar-refractivity contribution in [1.29, 1.82) is 0 Å². The maximum Gasteiger partial charge on any atom is 0.324 e. The fourth-order valence-electron chi connectivity index (χ4n) is 1.60. The number of carboxylic acid groups (broad SMARTS) is 1. The van der Waals surface area contributed by atoms with E-state index in [1.54, 1.807) is 0 Å². The van der Waals surface area contributed by atoms with Crippen molar-refractivity contribution in [3.63, 3.8) is 0 Å². The molecule has 1 rings (SSSR count). The molecule has 7 nitrogen and oxygen atoms in total. The second-order valence-electron chi connectivity index (χ2n) is 4.24. The molecule has 0 atom stereocenters. The van der Waals surface area contributed by atoms with Crippen molar-refractivity contribution in [3.8, 4) is 0 Å². The van der Waals surface area contributed by atoms with Crippen LogP contribution in [0, 0.1) is 10.1 Å². The summed E-state index contributed by atoms with van der Waals surface area (Å²) in [5, 5.41) is 23.0. The minimum Gasteiger partial charge on any atom is -0.481 e. The molecule has 0 saturated carbocycles. The summed E-state index contributed by atoms with van der Waals surface area (Å²) < 4.78 is 0. The van der Waals surface area contributed by atoms with E-state index in [1.807, 2.05) is 0 Å². The first-order chi connectivity index (χ1) is 9.50. The van der Waals surface area contributed by atoms with Crippen LogP contribution >= 0.6 is 11.3 Å². The third-order valence-corrected chi connectivity index (χ3v) is 3.51. The van der Waals surface area contributed by atoms with Crippen LogP contribution in [-0.2, 0) is 4.79 Å². The molecule has 0 fully saturated rings. The lowest BCUT2D eigenvalue weighted by atomic mass is 10.1. The number of aliphatic carboxylic acids is 1. The van der Waals surface area contributed by atoms with Gasteiger partial charge in [0.05, 0.1) is 10.5 Å². The Labute approximate surface area is 119 Å². The Morgan fingerprint density at radius 1 is 1.30 bits per heavy atom. The molecule has 0 radical (unpaired) electrons. The number of nitrogens with zero attached hydrogens (tertiary/aromatic N) is 1. The number of rotatable bonds is 9. The molecule has 1 amide bonds. The van der Waals surface area contributed by atoms with E-state index in [1.165, 1.54) is 11.4 Å². The number of carbonyl (C=O) groups is 2. The third kappa shape index (κ3) is 5.79. The highest BCUT2D eigenvalue weighted by molar-refractivity contribution is 7.13. The zero-order valence-corrected chi connectivity index (χ0v) is 11.6. The summed E-state index contributed by atoms with van der Waals surface area (Å²) in [4.78, 5) is 31.9. The molecule has 110 valence electrons. The van der Waals surface area contributed by atoms with Crippen LogP contribution in [0.3, 0.4) is 0 Å². The molecule has 1 aromatic rings. The van der Waals surface area contributed by atoms with Crippen molar-refractivity contribution >= 4 is 28.2 Å². The predicted molar refractivity (Wildman–Crippen MR) is 74.0 cm³/mol. The van der Waals surface area contributed by atoms with Crippen LogP contribution in [0.2, 0.25) is 0 Å². The standard InChI is InChI=1S/C12H16N2O5S/c15-11(16)5-3-1-2-4-6-13-12(17)9-7-10(14(18)19)20-8-9/h7-8H,1-6H2,(H,13,17)(H,15,16). The van der Waals surface area contributed by atoms with E-state index < -0.39 is 10.9 Å². The summed E-state index contributed by atoms with van der Waals surface area (Å²) >= 11 is 0.923. The van der Waals surface area contributed by atoms with Crippen LogP contribution in [0.4, 0.5) is 5.00 Å². The zero-order valence-electron chi connectivity index (χ0n) is 10.8. The maximum atomic E-state index is 11.7. The Balaban J connectivity index is 2.16. The molecule has 0 aliphatic carbocycles. The summed E-state index contributed by atoms with van der Waals surface area (Å²) in [6.07, 6.45) is 3.23. The zero-order chi connectivity index (χ0) is 15.0. The Kier molecular flexibility index (Phi) is 6.65. The fraction of sp³-hybridized carbons (Fsp3) is 0.500. The summed E-state index contributed by atoms with van der Waals surface area (Å²) in [6, 6.07) is 1.26. The molecule has 1 heterocycles. The molecule has 0 saturated heterocycles. The van der Waals surface area contributed by atoms with E-state index >= 15 is 0 Å². The van der Waals surface area contributed by atoms with E-state index in [0.29, 0.717) is 18.5 Å². The molecule has 0 spiro atoms. The quantitative estimate of drug-likeness (QED) is 0.413. The first kappa shape index (κ1) is 16.1. The van der Waals surface area contributed by atoms with Gasteiger partial charge in [-0.3, -0.25) is 19.7 Å². The number of hydrogen-bond acceptors (Lipinski definition) is 5. The molecule has 8 heteroatoms. The number of unbranched alkanes of at least 4 members (excludes halogenated alkanes) is 3. The number of amides is 1.